The minimum atomic E-state index is -0.553. The van der Waals surface area contributed by atoms with Crippen LogP contribution in [-0.4, -0.2) is 34.2 Å². The van der Waals surface area contributed by atoms with Crippen LogP contribution in [0.4, 0.5) is 10.6 Å². The maximum Gasteiger partial charge on any atom is 0.407 e. The van der Waals surface area contributed by atoms with Gasteiger partial charge >= 0.3 is 6.09 Å². The van der Waals surface area contributed by atoms with Gasteiger partial charge in [0, 0.05) is 18.2 Å². The molecule has 0 bridgehead atoms. The van der Waals surface area contributed by atoms with Crippen LogP contribution in [-0.2, 0) is 4.74 Å². The first-order valence-corrected chi connectivity index (χ1v) is 8.84. The number of carbonyl (C=O) groups is 1. The zero-order valence-corrected chi connectivity index (χ0v) is 16.4. The molecule has 0 fully saturated rings. The lowest BCUT2D eigenvalue weighted by Crippen LogP contribution is -2.40. The number of amides is 1. The Hall–Kier alpha value is -3.58. The Balaban J connectivity index is 2.02. The van der Waals surface area contributed by atoms with Crippen LogP contribution in [0.1, 0.15) is 44.6 Å². The first-order valence-electron chi connectivity index (χ1n) is 8.84. The molecule has 7 heteroatoms. The monoisotopic (exact) mass is 377 g/mol. The molecule has 1 heterocycles. The van der Waals surface area contributed by atoms with Crippen LogP contribution in [0.15, 0.2) is 36.5 Å². The number of aromatic nitrogens is 2. The van der Waals surface area contributed by atoms with Crippen molar-refractivity contribution >= 4 is 11.9 Å². The Bertz CT molecular complexity index is 918. The number of carbonyl (C=O) groups excluding carboxylic acids is 1. The van der Waals surface area contributed by atoms with Crippen molar-refractivity contribution in [3.63, 3.8) is 0 Å². The summed E-state index contributed by atoms with van der Waals surface area (Å²) >= 11 is 0. The highest BCUT2D eigenvalue weighted by atomic mass is 16.6. The fraction of sp³-hybridized carbons (Fsp3) is 0.333. The van der Waals surface area contributed by atoms with Gasteiger partial charge in [0.25, 0.3) is 0 Å². The lowest BCUT2D eigenvalue weighted by atomic mass is 10.2. The van der Waals surface area contributed by atoms with Crippen molar-refractivity contribution in [1.82, 2.24) is 15.3 Å². The number of anilines is 1. The molecule has 2 aromatic rings. The number of nitrogens with one attached hydrogen (secondary N) is 2. The molecule has 28 heavy (non-hydrogen) atoms. The van der Waals surface area contributed by atoms with Crippen molar-refractivity contribution in [2.45, 2.75) is 39.3 Å². The third-order valence-corrected chi connectivity index (χ3v) is 3.33. The molecule has 0 saturated heterocycles. The molecule has 0 aliphatic heterocycles. The Kier molecular flexibility index (Phi) is 6.95. The molecule has 0 saturated carbocycles. The number of benzene rings is 1. The number of nitrogens with zero attached hydrogens (tertiary/aromatic N) is 3. The van der Waals surface area contributed by atoms with E-state index in [4.69, 9.17) is 4.74 Å². The second kappa shape index (κ2) is 9.38. The molecule has 7 nitrogen and oxygen atoms in total. The standard InChI is InChI=1S/C21H23N5O2/c1-15(25-20(27)28-21(2,3)4)13-24-19-14-23-18(12-22)17(26-19)11-10-16-8-6-5-7-9-16/h5-9,14-15H,13H2,1-4H3,(H,24,26)(H,25,27)/t15-/m0/s1. The summed E-state index contributed by atoms with van der Waals surface area (Å²) in [6, 6.07) is 11.2. The molecule has 1 amide bonds. The Morgan fingerprint density at radius 3 is 2.57 bits per heavy atom. The summed E-state index contributed by atoms with van der Waals surface area (Å²) in [5.41, 5.74) is 0.724. The maximum atomic E-state index is 11.8. The lowest BCUT2D eigenvalue weighted by Gasteiger charge is -2.22. The van der Waals surface area contributed by atoms with E-state index in [9.17, 15) is 10.1 Å². The molecule has 1 aromatic carbocycles. The molecular weight excluding hydrogens is 354 g/mol. The normalized spacial score (nSPS) is 11.4. The number of hydrogen-bond donors (Lipinski definition) is 2. The van der Waals surface area contributed by atoms with Crippen LogP contribution in [0, 0.1) is 23.2 Å². The van der Waals surface area contributed by atoms with Gasteiger partial charge in [-0.3, -0.25) is 0 Å². The van der Waals surface area contributed by atoms with Crippen molar-refractivity contribution in [2.24, 2.45) is 0 Å². The fourth-order valence-corrected chi connectivity index (χ4v) is 2.11. The summed E-state index contributed by atoms with van der Waals surface area (Å²) in [6.45, 7) is 7.66. The summed E-state index contributed by atoms with van der Waals surface area (Å²) in [5, 5.41) is 15.0. The second-order valence-corrected chi connectivity index (χ2v) is 7.11. The van der Waals surface area contributed by atoms with Crippen molar-refractivity contribution in [1.29, 1.82) is 5.26 Å². The van der Waals surface area contributed by atoms with Gasteiger partial charge in [0.1, 0.15) is 17.5 Å². The molecular formula is C21H23N5O2. The molecule has 2 rings (SSSR count). The molecule has 0 unspecified atom stereocenters. The predicted octanol–water partition coefficient (Wildman–Crippen LogP) is 3.07. The van der Waals surface area contributed by atoms with E-state index in [1.165, 1.54) is 6.20 Å². The van der Waals surface area contributed by atoms with E-state index in [0.717, 1.165) is 5.56 Å². The number of ether oxygens (including phenoxy) is 1. The van der Waals surface area contributed by atoms with Crippen LogP contribution >= 0.6 is 0 Å². The van der Waals surface area contributed by atoms with Crippen molar-refractivity contribution in [3.8, 4) is 17.9 Å². The van der Waals surface area contributed by atoms with Gasteiger partial charge in [-0.1, -0.05) is 24.1 Å². The van der Waals surface area contributed by atoms with Crippen LogP contribution in [0.3, 0.4) is 0 Å². The number of rotatable bonds is 4. The van der Waals surface area contributed by atoms with Gasteiger partial charge in [0.2, 0.25) is 0 Å². The average Bonchev–Trinajstić information content (AvgIpc) is 2.64. The Morgan fingerprint density at radius 2 is 1.93 bits per heavy atom. The van der Waals surface area contributed by atoms with Crippen LogP contribution < -0.4 is 10.6 Å². The third kappa shape index (κ3) is 6.97. The van der Waals surface area contributed by atoms with E-state index in [1.54, 1.807) is 20.8 Å². The molecule has 0 aliphatic carbocycles. The summed E-state index contributed by atoms with van der Waals surface area (Å²) in [7, 11) is 0. The Labute approximate surface area is 165 Å². The number of nitriles is 1. The first-order chi connectivity index (χ1) is 13.3. The largest absolute Gasteiger partial charge is 0.444 e. The van der Waals surface area contributed by atoms with Gasteiger partial charge in [-0.15, -0.1) is 0 Å². The molecule has 0 radical (unpaired) electrons. The number of hydrogen-bond acceptors (Lipinski definition) is 6. The third-order valence-electron chi connectivity index (χ3n) is 3.33. The van der Waals surface area contributed by atoms with E-state index >= 15 is 0 Å². The Morgan fingerprint density at radius 1 is 1.21 bits per heavy atom. The number of alkyl carbamates (subject to hydrolysis) is 1. The van der Waals surface area contributed by atoms with E-state index in [1.807, 2.05) is 43.3 Å². The topological polar surface area (TPSA) is 99.9 Å². The van der Waals surface area contributed by atoms with E-state index in [2.05, 4.69) is 32.4 Å². The fourth-order valence-electron chi connectivity index (χ4n) is 2.11. The highest BCUT2D eigenvalue weighted by Crippen LogP contribution is 2.08. The van der Waals surface area contributed by atoms with Gasteiger partial charge < -0.3 is 15.4 Å². The van der Waals surface area contributed by atoms with Crippen LogP contribution in [0.2, 0.25) is 0 Å². The van der Waals surface area contributed by atoms with Gasteiger partial charge in [0.15, 0.2) is 11.4 Å². The SMILES string of the molecule is C[C@@H](CNc1cnc(C#N)c(C#Cc2ccccc2)n1)NC(=O)OC(C)(C)C. The van der Waals surface area contributed by atoms with E-state index in [-0.39, 0.29) is 11.7 Å². The quantitative estimate of drug-likeness (QED) is 0.795. The first kappa shape index (κ1) is 20.7. The van der Waals surface area contributed by atoms with E-state index in [0.29, 0.717) is 18.1 Å². The van der Waals surface area contributed by atoms with E-state index < -0.39 is 11.7 Å². The second-order valence-electron chi connectivity index (χ2n) is 7.11. The predicted molar refractivity (Wildman–Crippen MR) is 106 cm³/mol. The highest BCUT2D eigenvalue weighted by Gasteiger charge is 2.17. The lowest BCUT2D eigenvalue weighted by molar-refractivity contribution is 0.0511. The molecule has 1 aromatic heterocycles. The maximum absolute atomic E-state index is 11.8. The van der Waals surface area contributed by atoms with Gasteiger partial charge in [-0.25, -0.2) is 14.8 Å². The smallest absolute Gasteiger partial charge is 0.407 e. The molecule has 0 spiro atoms. The average molecular weight is 377 g/mol. The molecule has 1 atom stereocenters. The van der Waals surface area contributed by atoms with Crippen molar-refractivity contribution in [2.75, 3.05) is 11.9 Å². The van der Waals surface area contributed by atoms with Gasteiger partial charge in [-0.05, 0) is 45.7 Å². The van der Waals surface area contributed by atoms with Crippen molar-refractivity contribution < 1.29 is 9.53 Å². The minimum Gasteiger partial charge on any atom is -0.444 e. The van der Waals surface area contributed by atoms with Gasteiger partial charge in [-0.2, -0.15) is 5.26 Å². The zero-order chi connectivity index (χ0) is 20.6. The molecule has 0 aliphatic rings. The van der Waals surface area contributed by atoms with Crippen LogP contribution in [0.25, 0.3) is 0 Å². The molecule has 2 N–H and O–H groups in total. The summed E-state index contributed by atoms with van der Waals surface area (Å²) < 4.78 is 5.22. The summed E-state index contributed by atoms with van der Waals surface area (Å²) in [5.74, 6) is 6.33. The summed E-state index contributed by atoms with van der Waals surface area (Å²) in [4.78, 5) is 20.2. The minimum absolute atomic E-state index is 0.161. The van der Waals surface area contributed by atoms with Crippen LogP contribution in [0.5, 0.6) is 0 Å². The van der Waals surface area contributed by atoms with Gasteiger partial charge in [0.05, 0.1) is 6.20 Å². The zero-order valence-electron chi connectivity index (χ0n) is 16.4. The highest BCUT2D eigenvalue weighted by molar-refractivity contribution is 5.68. The molecule has 144 valence electrons. The van der Waals surface area contributed by atoms with Crippen molar-refractivity contribution in [3.05, 3.63) is 53.5 Å². The summed E-state index contributed by atoms with van der Waals surface area (Å²) in [6.07, 6.45) is 0.981.